The van der Waals surface area contributed by atoms with Crippen LogP contribution in [0.1, 0.15) is 24.1 Å². The van der Waals surface area contributed by atoms with Crippen molar-refractivity contribution in [2.24, 2.45) is 7.05 Å². The summed E-state index contributed by atoms with van der Waals surface area (Å²) >= 11 is 0. The predicted octanol–water partition coefficient (Wildman–Crippen LogP) is 2.18. The van der Waals surface area contributed by atoms with Gasteiger partial charge in [0, 0.05) is 12.8 Å². The SMILES string of the molecule is CCS(=O)(=O)Cc1[nH]c(C#N)nc1-c1nc2cc(C(F)(F)F)ncc2n1C. The molecule has 3 aromatic heterocycles. The predicted molar refractivity (Wildman–Crippen MR) is 89.0 cm³/mol. The molecule has 0 saturated carbocycles. The third-order valence-electron chi connectivity index (χ3n) is 3.96. The zero-order valence-electron chi connectivity index (χ0n) is 14.2. The van der Waals surface area contributed by atoms with Crippen molar-refractivity contribution >= 4 is 20.9 Å². The molecule has 3 heterocycles. The number of nitrogens with zero attached hydrogens (tertiary/aromatic N) is 5. The van der Waals surface area contributed by atoms with Gasteiger partial charge in [-0.1, -0.05) is 6.92 Å². The Morgan fingerprint density at radius 2 is 2.04 bits per heavy atom. The highest BCUT2D eigenvalue weighted by Crippen LogP contribution is 2.31. The number of aromatic nitrogens is 5. The Kier molecular flexibility index (Phi) is 4.43. The van der Waals surface area contributed by atoms with E-state index in [2.05, 4.69) is 19.9 Å². The number of H-pyrrole nitrogens is 1. The van der Waals surface area contributed by atoms with E-state index in [1.54, 1.807) is 13.1 Å². The molecule has 0 aliphatic heterocycles. The van der Waals surface area contributed by atoms with Crippen LogP contribution in [0, 0.1) is 11.3 Å². The molecule has 0 bridgehead atoms. The number of hydrogen-bond acceptors (Lipinski definition) is 6. The van der Waals surface area contributed by atoms with Crippen molar-refractivity contribution < 1.29 is 21.6 Å². The number of fused-ring (bicyclic) bond motifs is 1. The second kappa shape index (κ2) is 6.34. The smallest absolute Gasteiger partial charge is 0.332 e. The molecule has 12 heteroatoms. The van der Waals surface area contributed by atoms with Crippen LogP contribution in [0.25, 0.3) is 22.6 Å². The number of aromatic amines is 1. The van der Waals surface area contributed by atoms with Gasteiger partial charge in [-0.3, -0.25) is 0 Å². The Bertz CT molecular complexity index is 1170. The first kappa shape index (κ1) is 18.8. The average Bonchev–Trinajstić information content (AvgIpc) is 3.14. The first-order valence-corrected chi connectivity index (χ1v) is 9.47. The topological polar surface area (TPSA) is 117 Å². The van der Waals surface area contributed by atoms with Gasteiger partial charge in [0.25, 0.3) is 0 Å². The van der Waals surface area contributed by atoms with Gasteiger partial charge in [-0.05, 0) is 6.07 Å². The van der Waals surface area contributed by atoms with Gasteiger partial charge < -0.3 is 9.55 Å². The van der Waals surface area contributed by atoms with Crippen molar-refractivity contribution in [1.82, 2.24) is 24.5 Å². The zero-order chi connectivity index (χ0) is 20.0. The summed E-state index contributed by atoms with van der Waals surface area (Å²) in [5, 5.41) is 9.06. The minimum absolute atomic E-state index is 0.0284. The second-order valence-corrected chi connectivity index (χ2v) is 8.10. The molecule has 0 aliphatic carbocycles. The standard InChI is InChI=1S/C15H13F3N6O2S/c1-3-27(25,26)7-9-13(23-12(5-19)21-9)14-22-8-4-11(15(16,17)18)20-6-10(8)24(14)2/h4,6H,3,7H2,1-2H3,(H,21,23). The molecule has 142 valence electrons. The number of pyridine rings is 1. The molecule has 0 radical (unpaired) electrons. The fraction of sp³-hybridized carbons (Fsp3) is 0.333. The first-order valence-electron chi connectivity index (χ1n) is 7.65. The van der Waals surface area contributed by atoms with Crippen molar-refractivity contribution in [2.45, 2.75) is 18.9 Å². The lowest BCUT2D eigenvalue weighted by molar-refractivity contribution is -0.141. The summed E-state index contributed by atoms with van der Waals surface area (Å²) in [6.45, 7) is 1.48. The summed E-state index contributed by atoms with van der Waals surface area (Å²) in [5.41, 5.74) is -0.510. The van der Waals surface area contributed by atoms with Crippen molar-refractivity contribution in [1.29, 1.82) is 5.26 Å². The van der Waals surface area contributed by atoms with E-state index in [0.717, 1.165) is 12.3 Å². The molecular formula is C15H13F3N6O2S. The highest BCUT2D eigenvalue weighted by molar-refractivity contribution is 7.90. The molecule has 0 atom stereocenters. The van der Waals surface area contributed by atoms with E-state index in [1.807, 2.05) is 0 Å². The molecule has 0 aromatic carbocycles. The highest BCUT2D eigenvalue weighted by Gasteiger charge is 2.33. The van der Waals surface area contributed by atoms with E-state index >= 15 is 0 Å². The molecule has 27 heavy (non-hydrogen) atoms. The van der Waals surface area contributed by atoms with Gasteiger partial charge in [-0.25, -0.2) is 23.4 Å². The third kappa shape index (κ3) is 3.50. The largest absolute Gasteiger partial charge is 0.433 e. The first-order chi connectivity index (χ1) is 12.6. The number of aryl methyl sites for hydroxylation is 1. The van der Waals surface area contributed by atoms with Crippen LogP contribution >= 0.6 is 0 Å². The molecule has 0 fully saturated rings. The summed E-state index contributed by atoms with van der Waals surface area (Å²) in [4.78, 5) is 14.2. The molecule has 0 amide bonds. The maximum absolute atomic E-state index is 12.9. The van der Waals surface area contributed by atoms with Crippen LogP contribution in [-0.4, -0.2) is 38.7 Å². The number of nitriles is 1. The number of alkyl halides is 3. The molecule has 0 spiro atoms. The van der Waals surface area contributed by atoms with E-state index in [9.17, 15) is 21.6 Å². The van der Waals surface area contributed by atoms with Gasteiger partial charge in [0.1, 0.15) is 17.5 Å². The molecule has 0 saturated heterocycles. The maximum Gasteiger partial charge on any atom is 0.433 e. The summed E-state index contributed by atoms with van der Waals surface area (Å²) in [5.74, 6) is -0.505. The Morgan fingerprint density at radius 3 is 2.63 bits per heavy atom. The van der Waals surface area contributed by atoms with E-state index in [4.69, 9.17) is 5.26 Å². The van der Waals surface area contributed by atoms with Gasteiger partial charge in [0.05, 0.1) is 28.7 Å². The summed E-state index contributed by atoms with van der Waals surface area (Å²) in [7, 11) is -1.91. The van der Waals surface area contributed by atoms with Crippen LogP contribution in [0.3, 0.4) is 0 Å². The van der Waals surface area contributed by atoms with Crippen LogP contribution in [0.4, 0.5) is 13.2 Å². The van der Waals surface area contributed by atoms with Crippen molar-refractivity contribution in [2.75, 3.05) is 5.75 Å². The van der Waals surface area contributed by atoms with Crippen LogP contribution in [0.2, 0.25) is 0 Å². The fourth-order valence-electron chi connectivity index (χ4n) is 2.53. The lowest BCUT2D eigenvalue weighted by atomic mass is 10.3. The number of halogens is 3. The third-order valence-corrected chi connectivity index (χ3v) is 5.57. The van der Waals surface area contributed by atoms with E-state index in [-0.39, 0.29) is 34.3 Å². The van der Waals surface area contributed by atoms with Crippen molar-refractivity contribution in [3.63, 3.8) is 0 Å². The van der Waals surface area contributed by atoms with Crippen LogP contribution in [0.15, 0.2) is 12.3 Å². The van der Waals surface area contributed by atoms with Gasteiger partial charge in [-0.15, -0.1) is 0 Å². The molecule has 0 aliphatic rings. The second-order valence-electron chi connectivity index (χ2n) is 5.75. The number of imidazole rings is 2. The minimum atomic E-state index is -4.62. The Hall–Kier alpha value is -2.94. The van der Waals surface area contributed by atoms with Crippen molar-refractivity contribution in [3.05, 3.63) is 29.5 Å². The Labute approximate surface area is 151 Å². The van der Waals surface area contributed by atoms with E-state index in [0.29, 0.717) is 5.52 Å². The normalized spacial score (nSPS) is 12.4. The number of hydrogen-bond donors (Lipinski definition) is 1. The minimum Gasteiger partial charge on any atom is -0.332 e. The summed E-state index contributed by atoms with van der Waals surface area (Å²) < 4.78 is 64.0. The molecule has 8 nitrogen and oxygen atoms in total. The molecular weight excluding hydrogens is 385 g/mol. The van der Waals surface area contributed by atoms with Gasteiger partial charge in [0.2, 0.25) is 5.82 Å². The zero-order valence-corrected chi connectivity index (χ0v) is 15.0. The molecule has 0 unspecified atom stereocenters. The quantitative estimate of drug-likeness (QED) is 0.720. The highest BCUT2D eigenvalue weighted by atomic mass is 32.2. The molecule has 1 N–H and O–H groups in total. The Balaban J connectivity index is 2.19. The number of sulfone groups is 1. The van der Waals surface area contributed by atoms with Crippen LogP contribution in [-0.2, 0) is 28.8 Å². The summed E-state index contributed by atoms with van der Waals surface area (Å²) in [6, 6.07) is 2.59. The number of rotatable bonds is 4. The molecule has 3 rings (SSSR count). The lowest BCUT2D eigenvalue weighted by Gasteiger charge is -2.05. The van der Waals surface area contributed by atoms with Crippen molar-refractivity contribution in [3.8, 4) is 17.6 Å². The van der Waals surface area contributed by atoms with Gasteiger partial charge >= 0.3 is 6.18 Å². The Morgan fingerprint density at radius 1 is 1.33 bits per heavy atom. The summed E-state index contributed by atoms with van der Waals surface area (Å²) in [6.07, 6.45) is -3.58. The lowest BCUT2D eigenvalue weighted by Crippen LogP contribution is -2.08. The van der Waals surface area contributed by atoms with E-state index < -0.39 is 27.5 Å². The fourth-order valence-corrected chi connectivity index (χ4v) is 3.38. The van der Waals surface area contributed by atoms with Gasteiger partial charge in [0.15, 0.2) is 15.7 Å². The average molecular weight is 398 g/mol. The number of nitrogens with one attached hydrogen (secondary N) is 1. The van der Waals surface area contributed by atoms with Crippen LogP contribution < -0.4 is 0 Å². The van der Waals surface area contributed by atoms with Crippen LogP contribution in [0.5, 0.6) is 0 Å². The molecule has 3 aromatic rings. The van der Waals surface area contributed by atoms with E-state index in [1.165, 1.54) is 11.5 Å². The monoisotopic (exact) mass is 398 g/mol. The maximum atomic E-state index is 12.9. The van der Waals surface area contributed by atoms with Gasteiger partial charge in [-0.2, -0.15) is 18.4 Å².